The fraction of sp³-hybridized carbons (Fsp3) is 0.421. The van der Waals surface area contributed by atoms with Crippen molar-refractivity contribution in [3.63, 3.8) is 0 Å². The molecule has 6 nitrogen and oxygen atoms in total. The lowest BCUT2D eigenvalue weighted by molar-refractivity contribution is -0.148. The number of benzene rings is 1. The summed E-state index contributed by atoms with van der Waals surface area (Å²) in [6, 6.07) is 9.62. The molecule has 1 saturated heterocycles. The first-order valence-corrected chi connectivity index (χ1v) is 8.64. The monoisotopic (exact) mass is 341 g/mol. The summed E-state index contributed by atoms with van der Waals surface area (Å²) in [6.07, 6.45) is 3.28. The van der Waals surface area contributed by atoms with E-state index in [1.807, 2.05) is 44.2 Å². The Bertz CT molecular complexity index is 718. The van der Waals surface area contributed by atoms with Gasteiger partial charge in [0, 0.05) is 19.2 Å². The summed E-state index contributed by atoms with van der Waals surface area (Å²) >= 11 is 0. The van der Waals surface area contributed by atoms with Crippen molar-refractivity contribution in [2.24, 2.45) is 5.92 Å². The predicted octanol–water partition coefficient (Wildman–Crippen LogP) is 3.36. The SMILES string of the molecule is CCOC(=O)C1CCCN(c2cc(Oc3ccc(C)cc3)ncn2)C1. The molecule has 1 unspecified atom stereocenters. The Balaban J connectivity index is 1.70. The van der Waals surface area contributed by atoms with Crippen LogP contribution >= 0.6 is 0 Å². The topological polar surface area (TPSA) is 64.5 Å². The van der Waals surface area contributed by atoms with E-state index in [0.29, 0.717) is 19.0 Å². The molecule has 0 radical (unpaired) electrons. The Morgan fingerprint density at radius 1 is 1.28 bits per heavy atom. The summed E-state index contributed by atoms with van der Waals surface area (Å²) in [7, 11) is 0. The number of aryl methyl sites for hydroxylation is 1. The standard InChI is InChI=1S/C19H23N3O3/c1-3-24-19(23)15-5-4-10-22(12-15)17-11-18(21-13-20-17)25-16-8-6-14(2)7-9-16/h6-9,11,13,15H,3-5,10,12H2,1-2H3. The Morgan fingerprint density at radius 3 is 2.84 bits per heavy atom. The third-order valence-corrected chi connectivity index (χ3v) is 4.24. The van der Waals surface area contributed by atoms with Crippen LogP contribution in [0.1, 0.15) is 25.3 Å². The van der Waals surface area contributed by atoms with E-state index in [9.17, 15) is 4.79 Å². The van der Waals surface area contributed by atoms with Gasteiger partial charge < -0.3 is 14.4 Å². The zero-order valence-corrected chi connectivity index (χ0v) is 14.6. The normalized spacial score (nSPS) is 17.2. The van der Waals surface area contributed by atoms with Gasteiger partial charge in [0.05, 0.1) is 12.5 Å². The smallest absolute Gasteiger partial charge is 0.310 e. The van der Waals surface area contributed by atoms with Crippen LogP contribution in [0.25, 0.3) is 0 Å². The van der Waals surface area contributed by atoms with Crippen molar-refractivity contribution >= 4 is 11.8 Å². The van der Waals surface area contributed by atoms with Gasteiger partial charge >= 0.3 is 5.97 Å². The molecule has 2 heterocycles. The maximum absolute atomic E-state index is 12.0. The van der Waals surface area contributed by atoms with Gasteiger partial charge in [0.15, 0.2) is 0 Å². The van der Waals surface area contributed by atoms with E-state index in [4.69, 9.17) is 9.47 Å². The van der Waals surface area contributed by atoms with Crippen molar-refractivity contribution in [3.05, 3.63) is 42.2 Å². The van der Waals surface area contributed by atoms with Crippen molar-refractivity contribution in [3.8, 4) is 11.6 Å². The maximum Gasteiger partial charge on any atom is 0.310 e. The van der Waals surface area contributed by atoms with E-state index in [2.05, 4.69) is 14.9 Å². The number of carbonyl (C=O) groups excluding carboxylic acids is 1. The largest absolute Gasteiger partial charge is 0.466 e. The first kappa shape index (κ1) is 17.2. The maximum atomic E-state index is 12.0. The number of aromatic nitrogens is 2. The minimum absolute atomic E-state index is 0.106. The van der Waals surface area contributed by atoms with E-state index in [1.54, 1.807) is 0 Å². The number of carbonyl (C=O) groups is 1. The van der Waals surface area contributed by atoms with Gasteiger partial charge in [-0.2, -0.15) is 0 Å². The second-order valence-corrected chi connectivity index (χ2v) is 6.17. The zero-order chi connectivity index (χ0) is 17.6. The Hall–Kier alpha value is -2.63. The van der Waals surface area contributed by atoms with Gasteiger partial charge in [0.2, 0.25) is 5.88 Å². The van der Waals surface area contributed by atoms with Gasteiger partial charge in [0.1, 0.15) is 17.9 Å². The molecule has 3 rings (SSSR count). The molecule has 2 aromatic rings. The van der Waals surface area contributed by atoms with Gasteiger partial charge in [-0.3, -0.25) is 4.79 Å². The van der Waals surface area contributed by atoms with Crippen molar-refractivity contribution in [1.82, 2.24) is 9.97 Å². The van der Waals surface area contributed by atoms with Gasteiger partial charge in [0.25, 0.3) is 0 Å². The molecule has 0 aliphatic carbocycles. The third-order valence-electron chi connectivity index (χ3n) is 4.24. The molecule has 25 heavy (non-hydrogen) atoms. The molecule has 0 bridgehead atoms. The second kappa shape index (κ2) is 7.96. The minimum Gasteiger partial charge on any atom is -0.466 e. The number of nitrogens with zero attached hydrogens (tertiary/aromatic N) is 3. The van der Waals surface area contributed by atoms with Crippen molar-refractivity contribution in [1.29, 1.82) is 0 Å². The average Bonchev–Trinajstić information content (AvgIpc) is 2.64. The van der Waals surface area contributed by atoms with E-state index < -0.39 is 0 Å². The van der Waals surface area contributed by atoms with Crippen LogP contribution in [0.4, 0.5) is 5.82 Å². The zero-order valence-electron chi connectivity index (χ0n) is 14.6. The van der Waals surface area contributed by atoms with Crippen molar-refractivity contribution in [2.75, 3.05) is 24.6 Å². The summed E-state index contributed by atoms with van der Waals surface area (Å²) in [4.78, 5) is 22.6. The van der Waals surface area contributed by atoms with Crippen LogP contribution < -0.4 is 9.64 Å². The molecule has 1 aromatic heterocycles. The van der Waals surface area contributed by atoms with E-state index in [1.165, 1.54) is 11.9 Å². The number of piperidine rings is 1. The number of hydrogen-bond acceptors (Lipinski definition) is 6. The summed E-state index contributed by atoms with van der Waals surface area (Å²) in [6.45, 7) is 5.74. The molecule has 0 amide bonds. The Kier molecular flexibility index (Phi) is 5.48. The molecule has 1 aliphatic heterocycles. The van der Waals surface area contributed by atoms with Crippen LogP contribution in [-0.4, -0.2) is 35.6 Å². The van der Waals surface area contributed by atoms with Gasteiger partial charge in [-0.1, -0.05) is 17.7 Å². The van der Waals surface area contributed by atoms with E-state index >= 15 is 0 Å². The first-order valence-electron chi connectivity index (χ1n) is 8.64. The van der Waals surface area contributed by atoms with Crippen molar-refractivity contribution in [2.45, 2.75) is 26.7 Å². The highest BCUT2D eigenvalue weighted by Crippen LogP contribution is 2.26. The summed E-state index contributed by atoms with van der Waals surface area (Å²) in [5.41, 5.74) is 1.18. The molecule has 1 aromatic carbocycles. The number of rotatable bonds is 5. The summed E-state index contributed by atoms with van der Waals surface area (Å²) in [5, 5.41) is 0. The van der Waals surface area contributed by atoms with Crippen LogP contribution in [0.3, 0.4) is 0 Å². The number of anilines is 1. The van der Waals surface area contributed by atoms with Crippen LogP contribution in [0.15, 0.2) is 36.7 Å². The quantitative estimate of drug-likeness (QED) is 0.777. The molecule has 1 fully saturated rings. The lowest BCUT2D eigenvalue weighted by Gasteiger charge is -2.32. The highest BCUT2D eigenvalue weighted by Gasteiger charge is 2.27. The molecule has 1 aliphatic rings. The fourth-order valence-electron chi connectivity index (χ4n) is 2.92. The molecule has 0 spiro atoms. The van der Waals surface area contributed by atoms with Gasteiger partial charge in [-0.05, 0) is 38.8 Å². The van der Waals surface area contributed by atoms with E-state index in [0.717, 1.165) is 31.0 Å². The molecule has 0 saturated carbocycles. The molecule has 0 N–H and O–H groups in total. The van der Waals surface area contributed by atoms with Gasteiger partial charge in [-0.15, -0.1) is 0 Å². The number of ether oxygens (including phenoxy) is 2. The van der Waals surface area contributed by atoms with Crippen LogP contribution in [0.5, 0.6) is 11.6 Å². The molecular formula is C19H23N3O3. The van der Waals surface area contributed by atoms with Crippen LogP contribution in [-0.2, 0) is 9.53 Å². The molecular weight excluding hydrogens is 318 g/mol. The lowest BCUT2D eigenvalue weighted by Crippen LogP contribution is -2.39. The van der Waals surface area contributed by atoms with Gasteiger partial charge in [-0.25, -0.2) is 9.97 Å². The number of hydrogen-bond donors (Lipinski definition) is 0. The number of esters is 1. The Morgan fingerprint density at radius 2 is 2.08 bits per heavy atom. The third kappa shape index (κ3) is 4.47. The lowest BCUT2D eigenvalue weighted by atomic mass is 9.98. The molecule has 132 valence electrons. The highest BCUT2D eigenvalue weighted by molar-refractivity contribution is 5.73. The second-order valence-electron chi connectivity index (χ2n) is 6.17. The minimum atomic E-state index is -0.127. The summed E-state index contributed by atoms with van der Waals surface area (Å²) < 4.78 is 11.0. The highest BCUT2D eigenvalue weighted by atomic mass is 16.5. The molecule has 1 atom stereocenters. The Labute approximate surface area is 147 Å². The predicted molar refractivity (Wildman–Crippen MR) is 94.9 cm³/mol. The van der Waals surface area contributed by atoms with E-state index in [-0.39, 0.29) is 11.9 Å². The van der Waals surface area contributed by atoms with Crippen LogP contribution in [0, 0.1) is 12.8 Å². The van der Waals surface area contributed by atoms with Crippen molar-refractivity contribution < 1.29 is 14.3 Å². The fourth-order valence-corrected chi connectivity index (χ4v) is 2.92. The molecule has 6 heteroatoms. The first-order chi connectivity index (χ1) is 12.2. The van der Waals surface area contributed by atoms with Crippen LogP contribution in [0.2, 0.25) is 0 Å². The summed E-state index contributed by atoms with van der Waals surface area (Å²) in [5.74, 6) is 1.76. The average molecular weight is 341 g/mol.